The van der Waals surface area contributed by atoms with Gasteiger partial charge in [-0.2, -0.15) is 0 Å². The molecule has 0 amide bonds. The molecule has 7 heterocycles. The van der Waals surface area contributed by atoms with E-state index in [0.29, 0.717) is 58.9 Å². The molecule has 2 unspecified atom stereocenters. The zero-order valence-corrected chi connectivity index (χ0v) is 31.4. The van der Waals surface area contributed by atoms with E-state index in [4.69, 9.17) is 23.7 Å². The Morgan fingerprint density at radius 3 is 2.70 bits per heavy atom. The number of nitrogens with zero attached hydrogens (tertiary/aromatic N) is 1. The van der Waals surface area contributed by atoms with Crippen LogP contribution in [0.25, 0.3) is 10.9 Å². The number of fused-ring (bicyclic) bond motifs is 15. The number of aromatic hydroxyl groups is 1. The number of rotatable bonds is 3. The Morgan fingerprint density at radius 1 is 1.15 bits per heavy atom. The molecular formula is C40H42N4O9S. The number of esters is 2. The summed E-state index contributed by atoms with van der Waals surface area (Å²) in [6.07, 6.45) is 0.655. The fourth-order valence-electron chi connectivity index (χ4n) is 10.4. The lowest BCUT2D eigenvalue weighted by Gasteiger charge is -2.63. The molecule has 2 saturated heterocycles. The quantitative estimate of drug-likeness (QED) is 0.148. The maximum Gasteiger partial charge on any atom is 0.335 e. The molecule has 1 aromatic heterocycles. The number of phenolic OH excluding ortho intramolecular Hbond substituents is 1. The van der Waals surface area contributed by atoms with E-state index in [2.05, 4.69) is 21.7 Å². The van der Waals surface area contributed by atoms with Gasteiger partial charge in [-0.05, 0) is 55.9 Å². The van der Waals surface area contributed by atoms with E-state index in [1.54, 1.807) is 0 Å². The third-order valence-electron chi connectivity index (χ3n) is 12.5. The van der Waals surface area contributed by atoms with E-state index >= 15 is 4.79 Å². The van der Waals surface area contributed by atoms with Crippen LogP contribution in [0.4, 0.5) is 0 Å². The van der Waals surface area contributed by atoms with Crippen LogP contribution in [-0.2, 0) is 37.6 Å². The first-order chi connectivity index (χ1) is 26.0. The highest BCUT2D eigenvalue weighted by atomic mass is 32.2. The van der Waals surface area contributed by atoms with Crippen molar-refractivity contribution in [2.75, 3.05) is 26.2 Å². The number of aryl methyl sites for hydroxylation is 1. The van der Waals surface area contributed by atoms with Crippen molar-refractivity contribution in [2.24, 2.45) is 0 Å². The summed E-state index contributed by atoms with van der Waals surface area (Å²) in [5, 5.41) is 32.8. The van der Waals surface area contributed by atoms with Crippen molar-refractivity contribution in [1.82, 2.24) is 20.5 Å². The SMILES string of the molecule is CC[C@H]1c2c3c(c(C)c(OC(C)=O)c2[C@]2(OC(=O)[C@]4(CS2)NCCc2c4[nH]c4ccccc24)[C@H]2C4NC(Cc5cc(C)c(OC)c(O)c54)[C@H](O)N12)OCO3. The number of hydrogen-bond acceptors (Lipinski definition) is 13. The third kappa shape index (κ3) is 4.25. The summed E-state index contributed by atoms with van der Waals surface area (Å²) in [7, 11) is 1.53. The molecular weight excluding hydrogens is 713 g/mol. The van der Waals surface area contributed by atoms with E-state index in [-0.39, 0.29) is 24.0 Å². The maximum atomic E-state index is 15.3. The second kappa shape index (κ2) is 11.8. The molecule has 4 aromatic rings. The van der Waals surface area contributed by atoms with Gasteiger partial charge in [0.1, 0.15) is 12.0 Å². The van der Waals surface area contributed by atoms with Crippen LogP contribution in [0.2, 0.25) is 0 Å². The Balaban J connectivity index is 1.25. The number of H-pyrrole nitrogens is 1. The minimum Gasteiger partial charge on any atom is -0.504 e. The lowest BCUT2D eigenvalue weighted by Crippen LogP contribution is -2.74. The van der Waals surface area contributed by atoms with Crippen molar-refractivity contribution in [3.05, 3.63) is 75.0 Å². The predicted octanol–water partition coefficient (Wildman–Crippen LogP) is 4.36. The summed E-state index contributed by atoms with van der Waals surface area (Å²) >= 11 is 1.43. The molecule has 54 heavy (non-hydrogen) atoms. The van der Waals surface area contributed by atoms with Gasteiger partial charge in [0.05, 0.1) is 36.5 Å². The first-order valence-corrected chi connectivity index (χ1v) is 19.5. The zero-order valence-electron chi connectivity index (χ0n) is 30.6. The summed E-state index contributed by atoms with van der Waals surface area (Å²) in [4.78, 5) is 32.3. The van der Waals surface area contributed by atoms with Gasteiger partial charge in [0.15, 0.2) is 28.5 Å². The highest BCUT2D eigenvalue weighted by Gasteiger charge is 2.69. The number of aromatic amines is 1. The van der Waals surface area contributed by atoms with Gasteiger partial charge in [-0.1, -0.05) is 31.2 Å². The van der Waals surface area contributed by atoms with Crippen molar-refractivity contribution in [3.63, 3.8) is 0 Å². The molecule has 13 nitrogen and oxygen atoms in total. The molecule has 0 radical (unpaired) electrons. The third-order valence-corrected chi connectivity index (χ3v) is 14.0. The van der Waals surface area contributed by atoms with Crippen LogP contribution in [0.5, 0.6) is 28.7 Å². The fourth-order valence-corrected chi connectivity index (χ4v) is 12.1. The number of carbonyl (C=O) groups is 2. The molecule has 0 aliphatic carbocycles. The molecule has 14 heteroatoms. The van der Waals surface area contributed by atoms with E-state index < -0.39 is 52.8 Å². The zero-order chi connectivity index (χ0) is 37.4. The number of para-hydroxylation sites is 1. The van der Waals surface area contributed by atoms with Crippen molar-refractivity contribution >= 4 is 34.6 Å². The largest absolute Gasteiger partial charge is 0.504 e. The Bertz CT molecular complexity index is 2310. The first kappa shape index (κ1) is 34.1. The normalized spacial score (nSPS) is 30.4. The average molecular weight is 755 g/mol. The smallest absolute Gasteiger partial charge is 0.335 e. The molecule has 6 aliphatic rings. The van der Waals surface area contributed by atoms with E-state index in [1.165, 1.54) is 25.8 Å². The first-order valence-electron chi connectivity index (χ1n) is 18.5. The number of aliphatic hydroxyl groups is 1. The van der Waals surface area contributed by atoms with Gasteiger partial charge in [0.2, 0.25) is 11.7 Å². The second-order valence-electron chi connectivity index (χ2n) is 15.2. The minimum atomic E-state index is -1.60. The highest BCUT2D eigenvalue weighted by molar-refractivity contribution is 8.00. The molecule has 2 bridgehead atoms. The highest BCUT2D eigenvalue weighted by Crippen LogP contribution is 2.67. The van der Waals surface area contributed by atoms with E-state index in [9.17, 15) is 15.0 Å². The van der Waals surface area contributed by atoms with Gasteiger partial charge in [-0.3, -0.25) is 15.0 Å². The number of benzene rings is 3. The number of phenols is 1. The Labute approximate surface area is 315 Å². The number of piperazine rings is 1. The number of methoxy groups -OCH3 is 1. The molecule has 5 N–H and O–H groups in total. The molecule has 3 aromatic carbocycles. The van der Waals surface area contributed by atoms with Gasteiger partial charge in [0.25, 0.3) is 0 Å². The van der Waals surface area contributed by atoms with Crippen LogP contribution < -0.4 is 29.6 Å². The van der Waals surface area contributed by atoms with Crippen LogP contribution in [0.3, 0.4) is 0 Å². The number of nitrogens with one attached hydrogen (secondary N) is 3. The number of aromatic nitrogens is 1. The number of aliphatic hydroxyl groups excluding tert-OH is 1. The summed E-state index contributed by atoms with van der Waals surface area (Å²) in [6.45, 7) is 7.57. The topological polar surface area (TPSA) is 164 Å². The summed E-state index contributed by atoms with van der Waals surface area (Å²) < 4.78 is 31.2. The van der Waals surface area contributed by atoms with Gasteiger partial charge < -0.3 is 44.2 Å². The number of carbonyl (C=O) groups excluding carboxylic acids is 2. The van der Waals surface area contributed by atoms with Crippen LogP contribution in [0, 0.1) is 13.8 Å². The Hall–Kier alpha value is -4.47. The lowest BCUT2D eigenvalue weighted by atomic mass is 9.72. The molecule has 6 aliphatic heterocycles. The molecule has 7 atom stereocenters. The Morgan fingerprint density at radius 2 is 1.94 bits per heavy atom. The monoisotopic (exact) mass is 754 g/mol. The van der Waals surface area contributed by atoms with Crippen LogP contribution in [0.15, 0.2) is 30.3 Å². The molecule has 2 spiro atoms. The summed E-state index contributed by atoms with van der Waals surface area (Å²) in [6, 6.07) is 7.66. The van der Waals surface area contributed by atoms with E-state index in [1.807, 2.05) is 49.9 Å². The van der Waals surface area contributed by atoms with Crippen LogP contribution in [-0.4, -0.2) is 76.5 Å². The van der Waals surface area contributed by atoms with E-state index in [0.717, 1.165) is 39.7 Å². The summed E-state index contributed by atoms with van der Waals surface area (Å²) in [5.41, 5.74) is 5.49. The molecule has 10 rings (SSSR count). The second-order valence-corrected chi connectivity index (χ2v) is 16.4. The number of ether oxygens (including phenoxy) is 5. The number of hydrogen-bond donors (Lipinski definition) is 5. The Kier molecular flexibility index (Phi) is 7.42. The molecule has 2 fully saturated rings. The summed E-state index contributed by atoms with van der Waals surface area (Å²) in [5.74, 6) is 0.698. The predicted molar refractivity (Wildman–Crippen MR) is 198 cm³/mol. The maximum absolute atomic E-state index is 15.3. The van der Waals surface area contributed by atoms with Gasteiger partial charge in [-0.15, -0.1) is 11.8 Å². The van der Waals surface area contributed by atoms with Gasteiger partial charge >= 0.3 is 11.9 Å². The molecule has 0 saturated carbocycles. The standard InChI is InChI=1S/C40H42N4O9S/c1-6-25-27-28(32(52-19(4)45)18(3)33-34(27)51-16-50-33)40(36-29-26-20(13-17(2)31(49-5)30(26)46)14-24(42-29)37(47)44(25)36)53-38(48)39(15-54-40)35-22(11-12-41-39)21-9-7-8-10-23(21)43-35/h7-10,13,24-25,29,36-37,41-43,46-47H,6,11-12,14-16H2,1-5H3/t24?,25-,29?,36+,37-,39+,40+/m0/s1. The van der Waals surface area contributed by atoms with Crippen LogP contribution in [0.1, 0.15) is 77.0 Å². The van der Waals surface area contributed by atoms with Gasteiger partial charge in [-0.25, -0.2) is 4.79 Å². The molecule has 282 valence electrons. The van der Waals surface area contributed by atoms with Gasteiger partial charge in [0, 0.05) is 52.9 Å². The number of thioether (sulfide) groups is 1. The van der Waals surface area contributed by atoms with Crippen molar-refractivity contribution in [1.29, 1.82) is 0 Å². The minimum absolute atomic E-state index is 0.00358. The van der Waals surface area contributed by atoms with Crippen molar-refractivity contribution in [3.8, 4) is 28.7 Å². The van der Waals surface area contributed by atoms with Crippen molar-refractivity contribution < 1.29 is 43.5 Å². The lowest BCUT2D eigenvalue weighted by molar-refractivity contribution is -0.197. The average Bonchev–Trinajstić information content (AvgIpc) is 3.80. The van der Waals surface area contributed by atoms with Crippen LogP contribution >= 0.6 is 11.8 Å². The fraction of sp³-hybridized carbons (Fsp3) is 0.450. The van der Waals surface area contributed by atoms with Crippen molar-refractivity contribution in [2.45, 2.75) is 87.8 Å².